The van der Waals surface area contributed by atoms with Gasteiger partial charge in [-0.15, -0.1) is 0 Å². The normalized spacial score (nSPS) is 18.4. The minimum Gasteiger partial charge on any atom is -0.494 e. The summed E-state index contributed by atoms with van der Waals surface area (Å²) in [6, 6.07) is 2.51. The summed E-state index contributed by atoms with van der Waals surface area (Å²) in [7, 11) is 1.32. The van der Waals surface area contributed by atoms with Gasteiger partial charge in [0, 0.05) is 13.0 Å². The lowest BCUT2D eigenvalue weighted by Gasteiger charge is -2.16. The first kappa shape index (κ1) is 17.2. The maximum atomic E-state index is 13.7. The van der Waals surface area contributed by atoms with Crippen molar-refractivity contribution in [3.8, 4) is 5.75 Å². The van der Waals surface area contributed by atoms with Gasteiger partial charge in [-0.3, -0.25) is 4.79 Å². The molecule has 1 amide bonds. The molecule has 2 atom stereocenters. The van der Waals surface area contributed by atoms with Crippen LogP contribution in [0.25, 0.3) is 0 Å². The molecule has 2 N–H and O–H groups in total. The van der Waals surface area contributed by atoms with Crippen LogP contribution in [0.2, 0.25) is 0 Å². The molecule has 0 saturated carbocycles. The van der Waals surface area contributed by atoms with Gasteiger partial charge in [0.15, 0.2) is 17.6 Å². The molecule has 0 aliphatic carbocycles. The fraction of sp³-hybridized carbons (Fsp3) is 0.500. The van der Waals surface area contributed by atoms with Crippen LogP contribution in [0.1, 0.15) is 37.3 Å². The van der Waals surface area contributed by atoms with Crippen LogP contribution in [0.4, 0.5) is 4.39 Å². The number of carbonyl (C=O) groups excluding carboxylic acids is 1. The Morgan fingerprint density at radius 1 is 1.52 bits per heavy atom. The monoisotopic (exact) mass is 325 g/mol. The highest BCUT2D eigenvalue weighted by Crippen LogP contribution is 2.23. The fourth-order valence-corrected chi connectivity index (χ4v) is 2.55. The molecule has 1 saturated heterocycles. The van der Waals surface area contributed by atoms with Gasteiger partial charge >= 0.3 is 5.97 Å². The molecule has 7 heteroatoms. The zero-order valence-electron chi connectivity index (χ0n) is 12.9. The van der Waals surface area contributed by atoms with E-state index in [2.05, 4.69) is 5.32 Å². The summed E-state index contributed by atoms with van der Waals surface area (Å²) in [5.41, 5.74) is 0.154. The summed E-state index contributed by atoms with van der Waals surface area (Å²) in [6.07, 6.45) is 2.68. The van der Waals surface area contributed by atoms with Gasteiger partial charge in [-0.25, -0.2) is 9.18 Å². The number of methoxy groups -OCH3 is 1. The number of rotatable bonds is 7. The van der Waals surface area contributed by atoms with Gasteiger partial charge in [-0.05, 0) is 37.0 Å². The van der Waals surface area contributed by atoms with Gasteiger partial charge in [0.1, 0.15) is 0 Å². The lowest BCUT2D eigenvalue weighted by Crippen LogP contribution is -2.34. The van der Waals surface area contributed by atoms with Crippen molar-refractivity contribution in [2.24, 2.45) is 0 Å². The van der Waals surface area contributed by atoms with E-state index in [1.54, 1.807) is 0 Å². The molecule has 6 nitrogen and oxygen atoms in total. The zero-order valence-corrected chi connectivity index (χ0v) is 12.9. The van der Waals surface area contributed by atoms with Crippen molar-refractivity contribution in [1.82, 2.24) is 5.32 Å². The Balaban J connectivity index is 1.99. The van der Waals surface area contributed by atoms with Crippen molar-refractivity contribution in [3.05, 3.63) is 29.6 Å². The van der Waals surface area contributed by atoms with Crippen molar-refractivity contribution in [2.75, 3.05) is 13.7 Å². The number of carboxylic acid groups (broad SMARTS) is 1. The van der Waals surface area contributed by atoms with E-state index >= 15 is 0 Å². The first-order valence-corrected chi connectivity index (χ1v) is 7.48. The van der Waals surface area contributed by atoms with E-state index in [9.17, 15) is 19.1 Å². The number of hydrogen-bond donors (Lipinski definition) is 2. The summed E-state index contributed by atoms with van der Waals surface area (Å²) >= 11 is 0. The molecule has 23 heavy (non-hydrogen) atoms. The molecule has 126 valence electrons. The molecule has 1 heterocycles. The molecule has 0 bridgehead atoms. The molecule has 1 aliphatic heterocycles. The number of ether oxygens (including phenoxy) is 2. The second kappa shape index (κ2) is 7.92. The third-order valence-electron chi connectivity index (χ3n) is 3.78. The quantitative estimate of drug-likeness (QED) is 0.801. The van der Waals surface area contributed by atoms with E-state index < -0.39 is 23.7 Å². The minimum absolute atomic E-state index is 0.0163. The van der Waals surface area contributed by atoms with E-state index in [0.29, 0.717) is 13.0 Å². The van der Waals surface area contributed by atoms with E-state index in [1.807, 2.05) is 0 Å². The number of carbonyl (C=O) groups is 2. The smallest absolute Gasteiger partial charge is 0.330 e. The first-order valence-electron chi connectivity index (χ1n) is 7.48. The summed E-state index contributed by atoms with van der Waals surface area (Å²) in [4.78, 5) is 23.3. The number of nitrogens with one attached hydrogen (secondary N) is 1. The molecule has 0 aromatic heterocycles. The number of benzene rings is 1. The van der Waals surface area contributed by atoms with Crippen molar-refractivity contribution in [1.29, 1.82) is 0 Å². The van der Waals surface area contributed by atoms with Crippen LogP contribution in [-0.4, -0.2) is 36.8 Å². The molecule has 0 radical (unpaired) electrons. The molecule has 2 rings (SSSR count). The molecule has 1 aromatic rings. The van der Waals surface area contributed by atoms with Gasteiger partial charge in [0.25, 0.3) is 0 Å². The number of halogens is 1. The van der Waals surface area contributed by atoms with Crippen molar-refractivity contribution >= 4 is 11.9 Å². The van der Waals surface area contributed by atoms with E-state index in [0.717, 1.165) is 18.9 Å². The predicted octanol–water partition coefficient (Wildman–Crippen LogP) is 2.04. The minimum atomic E-state index is -1.30. The van der Waals surface area contributed by atoms with Gasteiger partial charge < -0.3 is 19.9 Å². The maximum absolute atomic E-state index is 13.7. The van der Waals surface area contributed by atoms with Crippen molar-refractivity contribution in [3.63, 3.8) is 0 Å². The van der Waals surface area contributed by atoms with Crippen LogP contribution in [0, 0.1) is 5.82 Å². The highest BCUT2D eigenvalue weighted by atomic mass is 19.1. The summed E-state index contributed by atoms with van der Waals surface area (Å²) in [5.74, 6) is -2.31. The Bertz CT molecular complexity index is 572. The van der Waals surface area contributed by atoms with E-state index in [1.165, 1.54) is 19.2 Å². The third-order valence-corrected chi connectivity index (χ3v) is 3.78. The van der Waals surface area contributed by atoms with Crippen LogP contribution >= 0.6 is 0 Å². The van der Waals surface area contributed by atoms with Gasteiger partial charge in [0.2, 0.25) is 5.91 Å². The molecule has 0 spiro atoms. The molecule has 1 fully saturated rings. The van der Waals surface area contributed by atoms with Crippen molar-refractivity contribution < 1.29 is 28.6 Å². The second-order valence-corrected chi connectivity index (χ2v) is 5.41. The highest BCUT2D eigenvalue weighted by molar-refractivity contribution is 5.84. The summed E-state index contributed by atoms with van der Waals surface area (Å²) < 4.78 is 23.9. The Morgan fingerprint density at radius 3 is 2.87 bits per heavy atom. The highest BCUT2D eigenvalue weighted by Gasteiger charge is 2.24. The van der Waals surface area contributed by atoms with Crippen molar-refractivity contribution in [2.45, 2.75) is 37.8 Å². The SMILES string of the molecule is COc1ccc(C(NC(=O)CCC2CCCO2)C(=O)O)cc1F. The average molecular weight is 325 g/mol. The third kappa shape index (κ3) is 4.66. The summed E-state index contributed by atoms with van der Waals surface area (Å²) in [6.45, 7) is 0.704. The molecule has 1 aliphatic rings. The van der Waals surface area contributed by atoms with Gasteiger partial charge in [-0.2, -0.15) is 0 Å². The fourth-order valence-electron chi connectivity index (χ4n) is 2.55. The Morgan fingerprint density at radius 2 is 2.30 bits per heavy atom. The second-order valence-electron chi connectivity index (χ2n) is 5.41. The zero-order chi connectivity index (χ0) is 16.8. The maximum Gasteiger partial charge on any atom is 0.330 e. The Labute approximate surface area is 133 Å². The van der Waals surface area contributed by atoms with Gasteiger partial charge in [-0.1, -0.05) is 6.07 Å². The average Bonchev–Trinajstić information content (AvgIpc) is 3.03. The lowest BCUT2D eigenvalue weighted by atomic mass is 10.1. The molecule has 2 unspecified atom stereocenters. The topological polar surface area (TPSA) is 84.9 Å². The molecule has 1 aromatic carbocycles. The number of carboxylic acids is 1. The molecular weight excluding hydrogens is 305 g/mol. The van der Waals surface area contributed by atoms with Crippen LogP contribution in [0.3, 0.4) is 0 Å². The first-order chi connectivity index (χ1) is 11.0. The number of amides is 1. The Hall–Kier alpha value is -2.15. The number of aliphatic carboxylic acids is 1. The van der Waals surface area contributed by atoms with E-state index in [-0.39, 0.29) is 23.8 Å². The van der Waals surface area contributed by atoms with E-state index in [4.69, 9.17) is 9.47 Å². The predicted molar refractivity (Wildman–Crippen MR) is 79.7 cm³/mol. The van der Waals surface area contributed by atoms with Gasteiger partial charge in [0.05, 0.1) is 13.2 Å². The lowest BCUT2D eigenvalue weighted by molar-refractivity contribution is -0.142. The van der Waals surface area contributed by atoms with Crippen LogP contribution < -0.4 is 10.1 Å². The molecular formula is C16H20FNO5. The standard InChI is InChI=1S/C16H20FNO5/c1-22-13-6-4-10(9-12(13)17)15(16(20)21)18-14(19)7-5-11-3-2-8-23-11/h4,6,9,11,15H,2-3,5,7-8H2,1H3,(H,18,19)(H,20,21). The van der Waals surface area contributed by atoms with Crippen LogP contribution in [0.5, 0.6) is 5.75 Å². The van der Waals surface area contributed by atoms with Crippen LogP contribution in [0.15, 0.2) is 18.2 Å². The van der Waals surface area contributed by atoms with Crippen LogP contribution in [-0.2, 0) is 14.3 Å². The largest absolute Gasteiger partial charge is 0.494 e. The summed E-state index contributed by atoms with van der Waals surface area (Å²) in [5, 5.41) is 11.7. The number of hydrogen-bond acceptors (Lipinski definition) is 4. The Kier molecular flexibility index (Phi) is 5.92.